The summed E-state index contributed by atoms with van der Waals surface area (Å²) < 4.78 is 0. The molecule has 2 aromatic rings. The molecule has 0 aromatic heterocycles. The Labute approximate surface area is 116 Å². The molecule has 3 heteroatoms. The molecule has 0 radical (unpaired) electrons. The van der Waals surface area contributed by atoms with Crippen LogP contribution in [0.15, 0.2) is 42.5 Å². The highest BCUT2D eigenvalue weighted by atomic mass is 35.5. The van der Waals surface area contributed by atoms with Crippen LogP contribution in [0.25, 0.3) is 0 Å². The minimum absolute atomic E-state index is 0.0670. The number of carbonyl (C=O) groups is 1. The van der Waals surface area contributed by atoms with Gasteiger partial charge in [0.25, 0.3) is 0 Å². The second-order valence-corrected chi connectivity index (χ2v) is 4.98. The summed E-state index contributed by atoms with van der Waals surface area (Å²) in [6.45, 7) is 1.86. The van der Waals surface area contributed by atoms with Gasteiger partial charge in [-0.05, 0) is 36.2 Å². The largest absolute Gasteiger partial charge is 0.294 e. The van der Waals surface area contributed by atoms with Gasteiger partial charge in [0.15, 0.2) is 5.78 Å². The van der Waals surface area contributed by atoms with Crippen molar-refractivity contribution in [2.75, 3.05) is 0 Å². The van der Waals surface area contributed by atoms with Gasteiger partial charge in [-0.25, -0.2) is 0 Å². The number of Topliss-reactive ketones (excluding diaryl/α,β-unsaturated/α-hetero) is 1. The van der Waals surface area contributed by atoms with Crippen LogP contribution in [-0.4, -0.2) is 5.78 Å². The Balaban J connectivity index is 2.22. The number of hydrogen-bond acceptors (Lipinski definition) is 1. The Hall–Kier alpha value is -1.31. The maximum atomic E-state index is 12.2. The predicted molar refractivity (Wildman–Crippen MR) is 75.7 cm³/mol. The van der Waals surface area contributed by atoms with Gasteiger partial charge >= 0.3 is 0 Å². The third-order valence-corrected chi connectivity index (χ3v) is 3.51. The summed E-state index contributed by atoms with van der Waals surface area (Å²) in [6, 6.07) is 12.7. The van der Waals surface area contributed by atoms with Gasteiger partial charge in [0.2, 0.25) is 0 Å². The number of ketones is 1. The molecule has 0 aliphatic heterocycles. The number of hydrogen-bond donors (Lipinski definition) is 0. The quantitative estimate of drug-likeness (QED) is 0.742. The van der Waals surface area contributed by atoms with Crippen molar-refractivity contribution in [2.45, 2.75) is 13.3 Å². The first kappa shape index (κ1) is 13.1. The van der Waals surface area contributed by atoms with Crippen molar-refractivity contribution in [1.29, 1.82) is 0 Å². The Morgan fingerprint density at radius 3 is 2.39 bits per heavy atom. The van der Waals surface area contributed by atoms with Gasteiger partial charge in [-0.3, -0.25) is 4.79 Å². The van der Waals surface area contributed by atoms with Gasteiger partial charge in [0.1, 0.15) is 0 Å². The third-order valence-electron chi connectivity index (χ3n) is 2.85. The van der Waals surface area contributed by atoms with Gasteiger partial charge in [0.05, 0.1) is 0 Å². The molecular weight excluding hydrogens is 267 g/mol. The van der Waals surface area contributed by atoms with Gasteiger partial charge in [0, 0.05) is 22.0 Å². The summed E-state index contributed by atoms with van der Waals surface area (Å²) in [5, 5.41) is 1.29. The zero-order valence-corrected chi connectivity index (χ0v) is 11.4. The van der Waals surface area contributed by atoms with Crippen LogP contribution in [0.3, 0.4) is 0 Å². The van der Waals surface area contributed by atoms with Crippen LogP contribution in [0.2, 0.25) is 10.0 Å². The molecular formula is C15H12Cl2O. The van der Waals surface area contributed by atoms with Crippen LogP contribution in [-0.2, 0) is 6.42 Å². The summed E-state index contributed by atoms with van der Waals surface area (Å²) in [6.07, 6.45) is 0.359. The summed E-state index contributed by atoms with van der Waals surface area (Å²) in [7, 11) is 0. The van der Waals surface area contributed by atoms with Gasteiger partial charge in [-0.1, -0.05) is 47.5 Å². The Bertz CT molecular complexity index is 574. The Morgan fingerprint density at radius 1 is 1.06 bits per heavy atom. The fraction of sp³-hybridized carbons (Fsp3) is 0.133. The molecule has 0 saturated heterocycles. The van der Waals surface area contributed by atoms with Crippen molar-refractivity contribution in [3.63, 3.8) is 0 Å². The lowest BCUT2D eigenvalue weighted by Gasteiger charge is -2.06. The smallest absolute Gasteiger partial charge is 0.167 e. The van der Waals surface area contributed by atoms with E-state index in [1.807, 2.05) is 19.1 Å². The number of benzene rings is 2. The van der Waals surface area contributed by atoms with E-state index in [4.69, 9.17) is 23.2 Å². The number of rotatable bonds is 3. The number of halogens is 2. The molecule has 0 aliphatic carbocycles. The van der Waals surface area contributed by atoms with E-state index >= 15 is 0 Å². The van der Waals surface area contributed by atoms with Crippen LogP contribution in [0, 0.1) is 6.92 Å². The van der Waals surface area contributed by atoms with Crippen molar-refractivity contribution in [3.05, 3.63) is 69.2 Å². The molecule has 2 rings (SSSR count). The first-order chi connectivity index (χ1) is 8.58. The van der Waals surface area contributed by atoms with Crippen LogP contribution in [0.4, 0.5) is 0 Å². The van der Waals surface area contributed by atoms with Crippen molar-refractivity contribution in [1.82, 2.24) is 0 Å². The highest BCUT2D eigenvalue weighted by Crippen LogP contribution is 2.20. The lowest BCUT2D eigenvalue weighted by molar-refractivity contribution is 0.0992. The SMILES string of the molecule is Cc1c(Cl)cccc1C(=O)Cc1ccc(Cl)cc1. The molecule has 0 aliphatic rings. The average molecular weight is 279 g/mol. The Kier molecular flexibility index (Phi) is 4.05. The first-order valence-corrected chi connectivity index (χ1v) is 6.36. The van der Waals surface area contributed by atoms with E-state index in [1.165, 1.54) is 0 Å². The number of carbonyl (C=O) groups excluding carboxylic acids is 1. The summed E-state index contributed by atoms with van der Waals surface area (Å²) in [5.74, 6) is 0.0670. The minimum atomic E-state index is 0.0670. The molecule has 1 nitrogen and oxygen atoms in total. The fourth-order valence-corrected chi connectivity index (χ4v) is 2.09. The molecule has 0 atom stereocenters. The zero-order chi connectivity index (χ0) is 13.1. The topological polar surface area (TPSA) is 17.1 Å². The molecule has 0 fully saturated rings. The molecule has 2 aromatic carbocycles. The Morgan fingerprint density at radius 2 is 1.72 bits per heavy atom. The third kappa shape index (κ3) is 2.92. The highest BCUT2D eigenvalue weighted by molar-refractivity contribution is 6.32. The van der Waals surface area contributed by atoms with Crippen LogP contribution < -0.4 is 0 Å². The van der Waals surface area contributed by atoms with E-state index in [0.29, 0.717) is 22.0 Å². The minimum Gasteiger partial charge on any atom is -0.294 e. The van der Waals surface area contributed by atoms with Crippen molar-refractivity contribution < 1.29 is 4.79 Å². The monoisotopic (exact) mass is 278 g/mol. The van der Waals surface area contributed by atoms with Gasteiger partial charge in [-0.15, -0.1) is 0 Å². The first-order valence-electron chi connectivity index (χ1n) is 5.60. The molecule has 0 bridgehead atoms. The fourth-order valence-electron chi connectivity index (χ4n) is 1.79. The zero-order valence-electron chi connectivity index (χ0n) is 9.91. The molecule has 0 saturated carbocycles. The molecule has 18 heavy (non-hydrogen) atoms. The molecule has 0 amide bonds. The predicted octanol–water partition coefficient (Wildman–Crippen LogP) is 4.73. The van der Waals surface area contributed by atoms with E-state index in [0.717, 1.165) is 11.1 Å². The maximum Gasteiger partial charge on any atom is 0.167 e. The van der Waals surface area contributed by atoms with Crippen LogP contribution >= 0.6 is 23.2 Å². The van der Waals surface area contributed by atoms with Crippen molar-refractivity contribution >= 4 is 29.0 Å². The van der Waals surface area contributed by atoms with Crippen LogP contribution in [0.1, 0.15) is 21.5 Å². The van der Waals surface area contributed by atoms with Crippen molar-refractivity contribution in [3.8, 4) is 0 Å². The van der Waals surface area contributed by atoms with E-state index < -0.39 is 0 Å². The van der Waals surface area contributed by atoms with E-state index in [2.05, 4.69) is 0 Å². The van der Waals surface area contributed by atoms with E-state index in [1.54, 1.807) is 30.3 Å². The highest BCUT2D eigenvalue weighted by Gasteiger charge is 2.11. The molecule has 0 spiro atoms. The second-order valence-electron chi connectivity index (χ2n) is 4.14. The summed E-state index contributed by atoms with van der Waals surface area (Å²) in [5.41, 5.74) is 2.46. The molecule has 0 N–H and O–H groups in total. The maximum absolute atomic E-state index is 12.2. The van der Waals surface area contributed by atoms with Crippen molar-refractivity contribution in [2.24, 2.45) is 0 Å². The molecule has 92 valence electrons. The molecule has 0 heterocycles. The lowest BCUT2D eigenvalue weighted by atomic mass is 9.99. The molecule has 0 unspecified atom stereocenters. The van der Waals surface area contributed by atoms with Gasteiger partial charge in [-0.2, -0.15) is 0 Å². The summed E-state index contributed by atoms with van der Waals surface area (Å²) >= 11 is 11.8. The van der Waals surface area contributed by atoms with Crippen LogP contribution in [0.5, 0.6) is 0 Å². The average Bonchev–Trinajstić information content (AvgIpc) is 2.35. The summed E-state index contributed by atoms with van der Waals surface area (Å²) in [4.78, 5) is 12.2. The van der Waals surface area contributed by atoms with E-state index in [-0.39, 0.29) is 5.78 Å². The van der Waals surface area contributed by atoms with E-state index in [9.17, 15) is 4.79 Å². The normalized spacial score (nSPS) is 10.4. The second kappa shape index (κ2) is 5.55. The van der Waals surface area contributed by atoms with Gasteiger partial charge < -0.3 is 0 Å². The standard InChI is InChI=1S/C15H12Cl2O/c1-10-13(3-2-4-14(10)17)15(18)9-11-5-7-12(16)8-6-11/h2-8H,9H2,1H3. The lowest BCUT2D eigenvalue weighted by Crippen LogP contribution is -2.05.